The summed E-state index contributed by atoms with van der Waals surface area (Å²) in [5.41, 5.74) is 2.24. The van der Waals surface area contributed by atoms with Gasteiger partial charge in [0.2, 0.25) is 0 Å². The maximum absolute atomic E-state index is 12.2. The molecule has 0 radical (unpaired) electrons. The molecule has 0 atom stereocenters. The van der Waals surface area contributed by atoms with Crippen molar-refractivity contribution in [3.8, 4) is 0 Å². The third-order valence-electron chi connectivity index (χ3n) is 4.16. The van der Waals surface area contributed by atoms with Gasteiger partial charge in [-0.1, -0.05) is 30.3 Å². The van der Waals surface area contributed by atoms with Crippen molar-refractivity contribution in [2.24, 2.45) is 0 Å². The van der Waals surface area contributed by atoms with E-state index in [2.05, 4.69) is 58.2 Å². The third-order valence-corrected chi connectivity index (χ3v) is 5.95. The molecule has 4 heteroatoms. The van der Waals surface area contributed by atoms with Crippen LogP contribution in [0.2, 0.25) is 0 Å². The molecule has 0 spiro atoms. The normalized spacial score (nSPS) is 22.0. The van der Waals surface area contributed by atoms with Crippen LogP contribution in [-0.4, -0.2) is 11.9 Å². The Balaban J connectivity index is 1.53. The standard InChI is InChI=1S/C17H18INOS/c18-16-10-14(11-21-16)17(20)19-15-8-6-13(7-9-15)12-4-2-1-3-5-12/h1-5,10-11,13,15H,6-9H2,(H,19,20). The summed E-state index contributed by atoms with van der Waals surface area (Å²) in [6.07, 6.45) is 4.48. The molecule has 1 saturated carbocycles. The fourth-order valence-electron chi connectivity index (χ4n) is 2.99. The van der Waals surface area contributed by atoms with Gasteiger partial charge in [0.25, 0.3) is 5.91 Å². The maximum atomic E-state index is 12.2. The average Bonchev–Trinajstić information content (AvgIpc) is 2.96. The summed E-state index contributed by atoms with van der Waals surface area (Å²) in [5, 5.41) is 5.12. The first-order valence-electron chi connectivity index (χ1n) is 7.32. The molecule has 1 heterocycles. The summed E-state index contributed by atoms with van der Waals surface area (Å²) in [7, 11) is 0. The molecule has 1 aliphatic carbocycles. The number of thiophene rings is 1. The zero-order chi connectivity index (χ0) is 14.7. The van der Waals surface area contributed by atoms with Crippen LogP contribution in [0.4, 0.5) is 0 Å². The number of hydrogen-bond acceptors (Lipinski definition) is 2. The molecular formula is C17H18INOS. The predicted octanol–water partition coefficient (Wildman–Crippen LogP) is 4.81. The van der Waals surface area contributed by atoms with Gasteiger partial charge in [-0.2, -0.15) is 0 Å². The van der Waals surface area contributed by atoms with Crippen molar-refractivity contribution in [3.05, 3.63) is 55.8 Å². The predicted molar refractivity (Wildman–Crippen MR) is 95.9 cm³/mol. The fourth-order valence-corrected chi connectivity index (χ4v) is 4.32. The summed E-state index contributed by atoms with van der Waals surface area (Å²) >= 11 is 3.87. The van der Waals surface area contributed by atoms with E-state index in [0.717, 1.165) is 34.1 Å². The van der Waals surface area contributed by atoms with Crippen LogP contribution in [0.15, 0.2) is 41.8 Å². The highest BCUT2D eigenvalue weighted by molar-refractivity contribution is 14.1. The largest absolute Gasteiger partial charge is 0.349 e. The van der Waals surface area contributed by atoms with Crippen molar-refractivity contribution in [3.63, 3.8) is 0 Å². The fraction of sp³-hybridized carbons (Fsp3) is 0.353. The second-order valence-electron chi connectivity index (χ2n) is 5.57. The van der Waals surface area contributed by atoms with Crippen LogP contribution in [0.1, 0.15) is 47.5 Å². The highest BCUT2D eigenvalue weighted by atomic mass is 127. The average molecular weight is 411 g/mol. The van der Waals surface area contributed by atoms with Gasteiger partial charge in [0, 0.05) is 11.4 Å². The van der Waals surface area contributed by atoms with Gasteiger partial charge in [-0.3, -0.25) is 4.79 Å². The molecular weight excluding hydrogens is 393 g/mol. The minimum atomic E-state index is 0.0809. The molecule has 1 aromatic carbocycles. The van der Waals surface area contributed by atoms with Gasteiger partial charge >= 0.3 is 0 Å². The molecule has 0 aliphatic heterocycles. The molecule has 0 bridgehead atoms. The second-order valence-corrected chi connectivity index (χ2v) is 8.38. The molecule has 21 heavy (non-hydrogen) atoms. The molecule has 1 aliphatic rings. The number of halogens is 1. The molecule has 1 fully saturated rings. The molecule has 2 aromatic rings. The summed E-state index contributed by atoms with van der Waals surface area (Å²) in [5.74, 6) is 0.735. The number of nitrogens with one attached hydrogen (secondary N) is 1. The van der Waals surface area contributed by atoms with E-state index in [1.807, 2.05) is 11.4 Å². The number of carbonyl (C=O) groups is 1. The molecule has 1 aromatic heterocycles. The van der Waals surface area contributed by atoms with Gasteiger partial charge < -0.3 is 5.32 Å². The smallest absolute Gasteiger partial charge is 0.252 e. The highest BCUT2D eigenvalue weighted by Crippen LogP contribution is 2.32. The summed E-state index contributed by atoms with van der Waals surface area (Å²) < 4.78 is 1.16. The lowest BCUT2D eigenvalue weighted by atomic mass is 9.82. The van der Waals surface area contributed by atoms with Crippen molar-refractivity contribution in [1.82, 2.24) is 5.32 Å². The quantitative estimate of drug-likeness (QED) is 0.722. The van der Waals surface area contributed by atoms with Crippen molar-refractivity contribution in [1.29, 1.82) is 0 Å². The number of hydrogen-bond donors (Lipinski definition) is 1. The molecule has 0 unspecified atom stereocenters. The van der Waals surface area contributed by atoms with Gasteiger partial charge in [-0.15, -0.1) is 11.3 Å². The van der Waals surface area contributed by atoms with E-state index >= 15 is 0 Å². The SMILES string of the molecule is O=C(NC1CCC(c2ccccc2)CC1)c1csc(I)c1. The lowest BCUT2D eigenvalue weighted by Crippen LogP contribution is -2.37. The molecule has 110 valence electrons. The van der Waals surface area contributed by atoms with Crippen LogP contribution in [-0.2, 0) is 0 Å². The van der Waals surface area contributed by atoms with Crippen molar-refractivity contribution in [2.45, 2.75) is 37.6 Å². The first kappa shape index (κ1) is 15.0. The Bertz CT molecular complexity index is 602. The molecule has 3 rings (SSSR count). The van der Waals surface area contributed by atoms with Crippen LogP contribution >= 0.6 is 33.9 Å². The van der Waals surface area contributed by atoms with E-state index in [9.17, 15) is 4.79 Å². The van der Waals surface area contributed by atoms with Gasteiger partial charge in [-0.05, 0) is 65.8 Å². The van der Waals surface area contributed by atoms with Crippen molar-refractivity contribution in [2.75, 3.05) is 0 Å². The first-order valence-corrected chi connectivity index (χ1v) is 9.28. The third kappa shape index (κ3) is 3.86. The lowest BCUT2D eigenvalue weighted by molar-refractivity contribution is 0.0926. The minimum Gasteiger partial charge on any atom is -0.349 e. The Morgan fingerprint density at radius 2 is 1.86 bits per heavy atom. The summed E-state index contributed by atoms with van der Waals surface area (Å²) in [6.45, 7) is 0. The van der Waals surface area contributed by atoms with Gasteiger partial charge in [0.15, 0.2) is 0 Å². The second kappa shape index (κ2) is 6.92. The van der Waals surface area contributed by atoms with Gasteiger partial charge in [-0.25, -0.2) is 0 Å². The maximum Gasteiger partial charge on any atom is 0.252 e. The van der Waals surface area contributed by atoms with Crippen molar-refractivity contribution < 1.29 is 4.79 Å². The number of rotatable bonds is 3. The summed E-state index contributed by atoms with van der Waals surface area (Å²) in [6, 6.07) is 13.0. The lowest BCUT2D eigenvalue weighted by Gasteiger charge is -2.29. The van der Waals surface area contributed by atoms with E-state index in [4.69, 9.17) is 0 Å². The molecule has 1 amide bonds. The minimum absolute atomic E-state index is 0.0809. The van der Waals surface area contributed by atoms with Gasteiger partial charge in [0.1, 0.15) is 0 Å². The van der Waals surface area contributed by atoms with Crippen molar-refractivity contribution >= 4 is 39.8 Å². The topological polar surface area (TPSA) is 29.1 Å². The van der Waals surface area contributed by atoms with Crippen LogP contribution in [0.5, 0.6) is 0 Å². The van der Waals surface area contributed by atoms with E-state index in [-0.39, 0.29) is 5.91 Å². The molecule has 1 N–H and O–H groups in total. The van der Waals surface area contributed by atoms with E-state index < -0.39 is 0 Å². The van der Waals surface area contributed by atoms with E-state index in [1.54, 1.807) is 11.3 Å². The van der Waals surface area contributed by atoms with E-state index in [0.29, 0.717) is 12.0 Å². The van der Waals surface area contributed by atoms with Crippen LogP contribution in [0.3, 0.4) is 0 Å². The Labute approximate surface area is 143 Å². The Hall–Kier alpha value is -0.880. The monoisotopic (exact) mass is 411 g/mol. The Morgan fingerprint density at radius 3 is 2.48 bits per heavy atom. The Kier molecular flexibility index (Phi) is 4.95. The zero-order valence-corrected chi connectivity index (χ0v) is 14.7. The van der Waals surface area contributed by atoms with E-state index in [1.165, 1.54) is 5.56 Å². The van der Waals surface area contributed by atoms with Crippen LogP contribution in [0, 0.1) is 2.88 Å². The summed E-state index contributed by atoms with van der Waals surface area (Å²) in [4.78, 5) is 12.2. The number of carbonyl (C=O) groups excluding carboxylic acids is 1. The molecule has 0 saturated heterocycles. The molecule has 2 nitrogen and oxygen atoms in total. The number of benzene rings is 1. The zero-order valence-electron chi connectivity index (χ0n) is 11.7. The Morgan fingerprint density at radius 1 is 1.14 bits per heavy atom. The number of amides is 1. The van der Waals surface area contributed by atoms with Crippen LogP contribution < -0.4 is 5.32 Å². The first-order chi connectivity index (χ1) is 10.2. The highest BCUT2D eigenvalue weighted by Gasteiger charge is 2.23. The van der Waals surface area contributed by atoms with Gasteiger partial charge in [0.05, 0.1) is 8.45 Å². The van der Waals surface area contributed by atoms with Crippen LogP contribution in [0.25, 0.3) is 0 Å².